The molecule has 0 radical (unpaired) electrons. The van der Waals surface area contributed by atoms with Crippen molar-refractivity contribution in [3.8, 4) is 5.75 Å². The normalized spacial score (nSPS) is 17.7. The van der Waals surface area contributed by atoms with Crippen molar-refractivity contribution in [3.05, 3.63) is 22.2 Å². The van der Waals surface area contributed by atoms with Gasteiger partial charge in [-0.25, -0.2) is 13.6 Å². The van der Waals surface area contributed by atoms with Crippen molar-refractivity contribution in [2.24, 2.45) is 5.14 Å². The van der Waals surface area contributed by atoms with Gasteiger partial charge in [-0.1, -0.05) is 0 Å². The average molecular weight is 367 g/mol. The van der Waals surface area contributed by atoms with Crippen molar-refractivity contribution >= 4 is 31.5 Å². The van der Waals surface area contributed by atoms with Crippen LogP contribution in [0.4, 0.5) is 11.4 Å². The van der Waals surface area contributed by atoms with E-state index >= 15 is 0 Å². The molecule has 1 aromatic rings. The van der Waals surface area contributed by atoms with Crippen molar-refractivity contribution in [3.63, 3.8) is 0 Å². The Hall–Kier alpha value is -1.96. The lowest BCUT2D eigenvalue weighted by Crippen LogP contribution is -2.36. The van der Waals surface area contributed by atoms with Crippen molar-refractivity contribution in [2.75, 3.05) is 24.8 Å². The smallest absolute Gasteiger partial charge is 0.297 e. The zero-order chi connectivity index (χ0) is 17.4. The number of hydrogen-bond acceptors (Lipinski definition) is 9. The monoisotopic (exact) mass is 367 g/mol. The maximum atomic E-state index is 11.4. The zero-order valence-corrected chi connectivity index (χ0v) is 13.4. The summed E-state index contributed by atoms with van der Waals surface area (Å²) in [4.78, 5) is 9.86. The second-order valence-electron chi connectivity index (χ2n) is 4.76. The molecule has 2 rings (SSSR count). The molecule has 0 bridgehead atoms. The number of nitro groups is 1. The number of benzene rings is 1. The van der Waals surface area contributed by atoms with Gasteiger partial charge in [0, 0.05) is 12.1 Å². The first-order valence-corrected chi connectivity index (χ1v) is 9.42. The summed E-state index contributed by atoms with van der Waals surface area (Å²) >= 11 is 0. The fourth-order valence-corrected chi connectivity index (χ4v) is 2.83. The Morgan fingerprint density at radius 1 is 1.43 bits per heavy atom. The molecule has 0 unspecified atom stereocenters. The predicted octanol–water partition coefficient (Wildman–Crippen LogP) is -0.609. The van der Waals surface area contributed by atoms with Crippen molar-refractivity contribution in [1.29, 1.82) is 0 Å². The van der Waals surface area contributed by atoms with Gasteiger partial charge in [-0.05, 0) is 0 Å². The lowest BCUT2D eigenvalue weighted by molar-refractivity contribution is -0.384. The molecule has 1 atom stereocenters. The molecular formula is C10H13N3O8S2. The van der Waals surface area contributed by atoms with E-state index in [1.807, 2.05) is 0 Å². The Kier molecular flexibility index (Phi) is 4.48. The second kappa shape index (κ2) is 5.92. The summed E-state index contributed by atoms with van der Waals surface area (Å²) in [7, 11) is -7.83. The molecule has 1 aromatic carbocycles. The van der Waals surface area contributed by atoms with Gasteiger partial charge < -0.3 is 10.1 Å². The summed E-state index contributed by atoms with van der Waals surface area (Å²) in [5.74, 6) is -0.0705. The molecule has 0 saturated heterocycles. The quantitative estimate of drug-likeness (QED) is 0.392. The number of rotatable bonds is 5. The van der Waals surface area contributed by atoms with E-state index in [2.05, 4.69) is 9.50 Å². The standard InChI is InChI=1S/C10H13N3O8S2/c1-22(16,17)21-5-6-4-20-9-3-7(23(11,18)19)2-8(13(14)15)10(9)12-6/h2-3,6,12H,4-5H2,1H3,(H2,11,18,19)/t6-/m0/s1. The van der Waals surface area contributed by atoms with Crippen LogP contribution < -0.4 is 15.2 Å². The third kappa shape index (κ3) is 4.28. The molecule has 23 heavy (non-hydrogen) atoms. The molecule has 0 amide bonds. The van der Waals surface area contributed by atoms with Crippen molar-refractivity contribution in [2.45, 2.75) is 10.9 Å². The van der Waals surface area contributed by atoms with E-state index in [1.165, 1.54) is 0 Å². The van der Waals surface area contributed by atoms with Gasteiger partial charge >= 0.3 is 0 Å². The van der Waals surface area contributed by atoms with Gasteiger partial charge in [0.25, 0.3) is 15.8 Å². The maximum Gasteiger partial charge on any atom is 0.297 e. The van der Waals surface area contributed by atoms with E-state index in [-0.39, 0.29) is 24.7 Å². The third-order valence-electron chi connectivity index (χ3n) is 2.85. The highest BCUT2D eigenvalue weighted by Crippen LogP contribution is 2.39. The lowest BCUT2D eigenvalue weighted by Gasteiger charge is -2.26. The van der Waals surface area contributed by atoms with Crippen LogP contribution >= 0.6 is 0 Å². The molecule has 0 saturated carbocycles. The topological polar surface area (TPSA) is 168 Å². The number of nitrogens with one attached hydrogen (secondary N) is 1. The number of nitrogens with zero attached hydrogens (tertiary/aromatic N) is 1. The maximum absolute atomic E-state index is 11.4. The van der Waals surface area contributed by atoms with Crippen LogP contribution in [0.5, 0.6) is 5.75 Å². The molecule has 0 fully saturated rings. The summed E-state index contributed by atoms with van der Waals surface area (Å²) in [6, 6.07) is 1.18. The van der Waals surface area contributed by atoms with Crippen LogP contribution in [0, 0.1) is 10.1 Å². The van der Waals surface area contributed by atoms with Crippen LogP contribution in [0.15, 0.2) is 17.0 Å². The largest absolute Gasteiger partial charge is 0.489 e. The second-order valence-corrected chi connectivity index (χ2v) is 7.96. The van der Waals surface area contributed by atoms with Crippen LogP contribution in [0.2, 0.25) is 0 Å². The highest BCUT2D eigenvalue weighted by Gasteiger charge is 2.30. The number of anilines is 1. The molecule has 128 valence electrons. The fourth-order valence-electron chi connectivity index (χ4n) is 1.88. The SMILES string of the molecule is CS(=O)(=O)OC[C@@H]1COc2cc(S(N)(=O)=O)cc([N+](=O)[O-])c2N1. The number of hydrogen-bond donors (Lipinski definition) is 2. The molecule has 1 aliphatic heterocycles. The van der Waals surface area contributed by atoms with E-state index < -0.39 is 41.7 Å². The number of nitro benzene ring substituents is 1. The highest BCUT2D eigenvalue weighted by molar-refractivity contribution is 7.89. The van der Waals surface area contributed by atoms with Crippen LogP contribution in [0.3, 0.4) is 0 Å². The molecule has 1 aliphatic rings. The number of ether oxygens (including phenoxy) is 1. The Bertz CT molecular complexity index is 849. The van der Waals surface area contributed by atoms with Gasteiger partial charge in [-0.3, -0.25) is 14.3 Å². The van der Waals surface area contributed by atoms with Gasteiger partial charge in [0.05, 0.1) is 28.7 Å². The Morgan fingerprint density at radius 3 is 2.61 bits per heavy atom. The molecular weight excluding hydrogens is 354 g/mol. The van der Waals surface area contributed by atoms with Gasteiger partial charge in [-0.2, -0.15) is 8.42 Å². The van der Waals surface area contributed by atoms with E-state index in [9.17, 15) is 26.9 Å². The number of primary sulfonamides is 1. The molecule has 11 nitrogen and oxygen atoms in total. The first-order valence-electron chi connectivity index (χ1n) is 6.06. The van der Waals surface area contributed by atoms with E-state index in [1.54, 1.807) is 0 Å². The summed E-state index contributed by atoms with van der Waals surface area (Å²) < 4.78 is 54.5. The average Bonchev–Trinajstić information content (AvgIpc) is 2.41. The molecule has 0 aromatic heterocycles. The molecule has 13 heteroatoms. The lowest BCUT2D eigenvalue weighted by atomic mass is 10.2. The van der Waals surface area contributed by atoms with Gasteiger partial charge in [0.2, 0.25) is 10.0 Å². The van der Waals surface area contributed by atoms with E-state index in [0.29, 0.717) is 0 Å². The molecule has 1 heterocycles. The molecule has 3 N–H and O–H groups in total. The highest BCUT2D eigenvalue weighted by atomic mass is 32.2. The van der Waals surface area contributed by atoms with E-state index in [4.69, 9.17) is 9.88 Å². The summed E-state index contributed by atoms with van der Waals surface area (Å²) in [6.45, 7) is -0.375. The zero-order valence-electron chi connectivity index (χ0n) is 11.8. The summed E-state index contributed by atoms with van der Waals surface area (Å²) in [5, 5.41) is 18.8. The van der Waals surface area contributed by atoms with Crippen LogP contribution in [0.25, 0.3) is 0 Å². The Balaban J connectivity index is 2.37. The van der Waals surface area contributed by atoms with Gasteiger partial charge in [-0.15, -0.1) is 0 Å². The van der Waals surface area contributed by atoms with Crippen molar-refractivity contribution < 1.29 is 30.7 Å². The van der Waals surface area contributed by atoms with E-state index in [0.717, 1.165) is 18.4 Å². The van der Waals surface area contributed by atoms with Crippen molar-refractivity contribution in [1.82, 2.24) is 0 Å². The third-order valence-corrected chi connectivity index (χ3v) is 4.31. The summed E-state index contributed by atoms with van der Waals surface area (Å²) in [6.07, 6.45) is 0.867. The Labute approximate surface area is 131 Å². The Morgan fingerprint density at radius 2 is 2.09 bits per heavy atom. The van der Waals surface area contributed by atoms with Crippen LogP contribution in [-0.2, 0) is 24.3 Å². The predicted molar refractivity (Wildman–Crippen MR) is 78.2 cm³/mol. The number of sulfonamides is 1. The van der Waals surface area contributed by atoms with Gasteiger partial charge in [0.1, 0.15) is 6.61 Å². The fraction of sp³-hybridized carbons (Fsp3) is 0.400. The van der Waals surface area contributed by atoms with Crippen LogP contribution in [0.1, 0.15) is 0 Å². The molecule has 0 aliphatic carbocycles. The molecule has 0 spiro atoms. The minimum Gasteiger partial charge on any atom is -0.489 e. The first-order chi connectivity index (χ1) is 10.5. The minimum atomic E-state index is -4.15. The first kappa shape index (κ1) is 17.4. The summed E-state index contributed by atoms with van der Waals surface area (Å²) in [5.41, 5.74) is -0.633. The van der Waals surface area contributed by atoms with Crippen LogP contribution in [-0.4, -0.2) is 47.3 Å². The van der Waals surface area contributed by atoms with Gasteiger partial charge in [0.15, 0.2) is 11.4 Å². The minimum absolute atomic E-state index is 0.0705. The number of fused-ring (bicyclic) bond motifs is 1. The number of nitrogens with two attached hydrogens (primary N) is 1.